The van der Waals surface area contributed by atoms with E-state index < -0.39 is 16.5 Å². The molecule has 0 fully saturated rings. The highest BCUT2D eigenvalue weighted by Crippen LogP contribution is 2.14. The lowest BCUT2D eigenvalue weighted by Gasteiger charge is -2.12. The number of anilines is 1. The summed E-state index contributed by atoms with van der Waals surface area (Å²) in [7, 11) is 0. The molecule has 2 amide bonds. The number of rotatable bonds is 5. The summed E-state index contributed by atoms with van der Waals surface area (Å²) in [6.45, 7) is 0. The van der Waals surface area contributed by atoms with Gasteiger partial charge in [-0.2, -0.15) is 10.5 Å². The van der Waals surface area contributed by atoms with Gasteiger partial charge in [-0.3, -0.25) is 5.43 Å². The predicted molar refractivity (Wildman–Crippen MR) is 81.1 cm³/mol. The molecule has 0 bridgehead atoms. The van der Waals surface area contributed by atoms with Crippen LogP contribution in [0.1, 0.15) is 0 Å². The zero-order chi connectivity index (χ0) is 17.5. The van der Waals surface area contributed by atoms with Crippen LogP contribution in [0.25, 0.3) is 0 Å². The lowest BCUT2D eigenvalue weighted by atomic mass is 10.3. The van der Waals surface area contributed by atoms with Crippen LogP contribution in [0.4, 0.5) is 27.5 Å². The molecule has 24 heavy (non-hydrogen) atoms. The number of hydrazine groups is 1. The van der Waals surface area contributed by atoms with E-state index in [0.29, 0.717) is 11.4 Å². The number of carbonyl (C=O) groups is 1. The third-order valence-electron chi connectivity index (χ3n) is 2.82. The van der Waals surface area contributed by atoms with E-state index in [1.54, 1.807) is 0 Å². The number of hydrogen-bond donors (Lipinski definition) is 6. The number of urea groups is 1. The van der Waals surface area contributed by atoms with Crippen molar-refractivity contribution >= 4 is 28.8 Å². The molecule has 11 heteroatoms. The molecule has 6 N–H and O–H groups in total. The first-order chi connectivity index (χ1) is 11.5. The minimum absolute atomic E-state index is 0.102. The monoisotopic (exact) mass is 334 g/mol. The van der Waals surface area contributed by atoms with Gasteiger partial charge in [0, 0.05) is 24.3 Å². The Bertz CT molecular complexity index is 702. The molecule has 0 spiro atoms. The van der Waals surface area contributed by atoms with Crippen molar-refractivity contribution in [3.63, 3.8) is 0 Å². The fourth-order valence-corrected chi connectivity index (χ4v) is 1.62. The zero-order valence-electron chi connectivity index (χ0n) is 12.1. The molecular weight excluding hydrogens is 320 g/mol. The second kappa shape index (κ2) is 8.07. The largest absolute Gasteiger partial charge is 0.595 e. The number of benzene rings is 2. The van der Waals surface area contributed by atoms with Crippen LogP contribution in [0, 0.1) is 10.4 Å². The van der Waals surface area contributed by atoms with Gasteiger partial charge in [0.1, 0.15) is 0 Å². The molecule has 2 aromatic carbocycles. The number of nitrogens with zero attached hydrogens (tertiary/aromatic N) is 2. The van der Waals surface area contributed by atoms with Crippen molar-refractivity contribution in [3.8, 4) is 0 Å². The second-order valence-corrected chi connectivity index (χ2v) is 4.49. The molecule has 2 aromatic rings. The van der Waals surface area contributed by atoms with E-state index >= 15 is 0 Å². The zero-order valence-corrected chi connectivity index (χ0v) is 12.1. The third kappa shape index (κ3) is 5.06. The molecule has 0 heterocycles. The Morgan fingerprint density at radius 1 is 0.917 bits per heavy atom. The molecule has 0 aliphatic carbocycles. The molecule has 2 unspecified atom stereocenters. The lowest BCUT2D eigenvalue weighted by molar-refractivity contribution is -0.991. The highest BCUT2D eigenvalue weighted by molar-refractivity contribution is 5.76. The molecule has 0 aliphatic rings. The minimum atomic E-state index is -1.06. The maximum Gasteiger partial charge on any atom is 0.378 e. The highest BCUT2D eigenvalue weighted by atomic mass is 16.8. The number of nitrogens with one attached hydrogen (secondary N) is 4. The molecule has 0 aromatic heterocycles. The summed E-state index contributed by atoms with van der Waals surface area (Å²) in [5.41, 5.74) is 5.81. The van der Waals surface area contributed by atoms with Gasteiger partial charge in [0.2, 0.25) is 0 Å². The van der Waals surface area contributed by atoms with Crippen molar-refractivity contribution in [3.05, 3.63) is 58.9 Å². The fourth-order valence-electron chi connectivity index (χ4n) is 1.62. The van der Waals surface area contributed by atoms with Gasteiger partial charge in [-0.05, 0) is 24.3 Å². The van der Waals surface area contributed by atoms with Crippen molar-refractivity contribution in [1.82, 2.24) is 5.43 Å². The van der Waals surface area contributed by atoms with Crippen LogP contribution >= 0.6 is 0 Å². The molecule has 2 atom stereocenters. The van der Waals surface area contributed by atoms with Crippen LogP contribution < -0.4 is 21.3 Å². The normalized spacial score (nSPS) is 13.5. The van der Waals surface area contributed by atoms with E-state index in [-0.39, 0.29) is 11.4 Å². The molecule has 126 valence electrons. The van der Waals surface area contributed by atoms with Gasteiger partial charge < -0.3 is 10.4 Å². The van der Waals surface area contributed by atoms with E-state index in [1.807, 2.05) is 0 Å². The Morgan fingerprint density at radius 2 is 1.42 bits per heavy atom. The van der Waals surface area contributed by atoms with E-state index in [9.17, 15) is 15.2 Å². The van der Waals surface area contributed by atoms with E-state index in [1.165, 1.54) is 48.5 Å². The maximum absolute atomic E-state index is 11.5. The summed E-state index contributed by atoms with van der Waals surface area (Å²) in [6.07, 6.45) is 0. The first-order valence-electron chi connectivity index (χ1n) is 6.60. The van der Waals surface area contributed by atoms with Crippen LogP contribution in [0.15, 0.2) is 58.8 Å². The lowest BCUT2D eigenvalue weighted by Crippen LogP contribution is -2.99. The summed E-state index contributed by atoms with van der Waals surface area (Å²) in [5, 5.41) is 43.9. The van der Waals surface area contributed by atoms with Gasteiger partial charge in [0.25, 0.3) is 0 Å². The Balaban J connectivity index is 1.86. The van der Waals surface area contributed by atoms with Gasteiger partial charge in [0.15, 0.2) is 11.4 Å². The van der Waals surface area contributed by atoms with Crippen molar-refractivity contribution < 1.29 is 25.7 Å². The quantitative estimate of drug-likeness (QED) is 0.341. The maximum atomic E-state index is 11.5. The molecule has 0 saturated heterocycles. The smallest absolute Gasteiger partial charge is 0.378 e. The number of quaternary nitrogens is 2. The van der Waals surface area contributed by atoms with E-state index in [0.717, 1.165) is 0 Å². The Hall–Kier alpha value is -2.93. The summed E-state index contributed by atoms with van der Waals surface area (Å²) >= 11 is 0. The number of azo groups is 1. The SMILES string of the molecule is O=C(N=Nc1ccc([NH+]([O-])O)cc1)NNc1ccc([NH+]([O-])O)cc1. The molecular formula is C13H14N6O5. The van der Waals surface area contributed by atoms with Crippen LogP contribution in [0.3, 0.4) is 0 Å². The minimum Gasteiger partial charge on any atom is -0.595 e. The van der Waals surface area contributed by atoms with Gasteiger partial charge in [-0.15, -0.1) is 5.11 Å². The number of carbonyl (C=O) groups excluding carboxylic acids is 1. The summed E-state index contributed by atoms with van der Waals surface area (Å²) in [5.74, 6) is 0. The van der Waals surface area contributed by atoms with E-state index in [2.05, 4.69) is 21.1 Å². The Morgan fingerprint density at radius 3 is 1.92 bits per heavy atom. The van der Waals surface area contributed by atoms with Crippen LogP contribution in [-0.2, 0) is 0 Å². The Kier molecular flexibility index (Phi) is 5.86. The molecule has 11 nitrogen and oxygen atoms in total. The Labute approximate surface area is 135 Å². The van der Waals surface area contributed by atoms with Gasteiger partial charge in [-0.1, -0.05) is 5.11 Å². The molecule has 2 rings (SSSR count). The fraction of sp³-hybridized carbons (Fsp3) is 0. The van der Waals surface area contributed by atoms with Crippen LogP contribution in [-0.4, -0.2) is 16.4 Å². The number of amides is 2. The first kappa shape index (κ1) is 17.4. The van der Waals surface area contributed by atoms with Crippen molar-refractivity contribution in [2.75, 3.05) is 5.43 Å². The van der Waals surface area contributed by atoms with Gasteiger partial charge in [0.05, 0.1) is 11.4 Å². The van der Waals surface area contributed by atoms with Gasteiger partial charge >= 0.3 is 6.03 Å². The average Bonchev–Trinajstić information content (AvgIpc) is 2.58. The third-order valence-corrected chi connectivity index (χ3v) is 2.82. The van der Waals surface area contributed by atoms with Crippen molar-refractivity contribution in [1.29, 1.82) is 0 Å². The van der Waals surface area contributed by atoms with Crippen molar-refractivity contribution in [2.45, 2.75) is 0 Å². The number of hydrogen-bond acceptors (Lipinski definition) is 7. The summed E-state index contributed by atoms with van der Waals surface area (Å²) in [4.78, 5) is 11.5. The van der Waals surface area contributed by atoms with Crippen molar-refractivity contribution in [2.24, 2.45) is 10.2 Å². The molecule has 0 saturated carbocycles. The molecule has 0 aliphatic heterocycles. The molecule has 0 radical (unpaired) electrons. The summed E-state index contributed by atoms with van der Waals surface area (Å²) in [6, 6.07) is 10.5. The summed E-state index contributed by atoms with van der Waals surface area (Å²) < 4.78 is 0. The van der Waals surface area contributed by atoms with Crippen LogP contribution in [0.2, 0.25) is 0 Å². The highest BCUT2D eigenvalue weighted by Gasteiger charge is 2.02. The second-order valence-electron chi connectivity index (χ2n) is 4.49. The predicted octanol–water partition coefficient (Wildman–Crippen LogP) is 0.314. The van der Waals surface area contributed by atoms with Crippen LogP contribution in [0.5, 0.6) is 0 Å². The first-order valence-corrected chi connectivity index (χ1v) is 6.60. The van der Waals surface area contributed by atoms with E-state index in [4.69, 9.17) is 10.4 Å². The topological polar surface area (TPSA) is 161 Å². The standard InChI is InChI=1S/C13H14N6O5/c20-13(16-14-9-1-5-11(6-2-9)18(21)22)17-15-10-3-7-12(8-4-10)19(23)24/h1-8,14,18-19,21,23H,(H,16,20). The average molecular weight is 334 g/mol. The van der Waals surface area contributed by atoms with Gasteiger partial charge in [-0.25, -0.2) is 20.6 Å².